The van der Waals surface area contributed by atoms with Gasteiger partial charge in [-0.3, -0.25) is 0 Å². The van der Waals surface area contributed by atoms with Gasteiger partial charge in [0.1, 0.15) is 12.4 Å². The molecule has 0 bridgehead atoms. The van der Waals surface area contributed by atoms with E-state index in [0.717, 1.165) is 16.9 Å². The second kappa shape index (κ2) is 6.93. The van der Waals surface area contributed by atoms with Crippen LogP contribution >= 0.6 is 35.4 Å². The maximum Gasteiger partial charge on any atom is 0.119 e. The molecule has 0 amide bonds. The highest BCUT2D eigenvalue weighted by Crippen LogP contribution is 2.23. The van der Waals surface area contributed by atoms with Gasteiger partial charge < -0.3 is 10.5 Å². The van der Waals surface area contributed by atoms with Crippen LogP contribution in [0.3, 0.4) is 0 Å². The van der Waals surface area contributed by atoms with E-state index in [-0.39, 0.29) is 0 Å². The van der Waals surface area contributed by atoms with Gasteiger partial charge in [-0.15, -0.1) is 0 Å². The highest BCUT2D eigenvalue weighted by Gasteiger charge is 2.01. The predicted octanol–water partition coefficient (Wildman–Crippen LogP) is 4.40. The summed E-state index contributed by atoms with van der Waals surface area (Å²) in [5.41, 5.74) is 7.53. The third kappa shape index (κ3) is 4.37. The average Bonchev–Trinajstić information content (AvgIpc) is 2.41. The van der Waals surface area contributed by atoms with Crippen molar-refractivity contribution in [3.8, 4) is 5.75 Å². The van der Waals surface area contributed by atoms with Crippen LogP contribution in [0.2, 0.25) is 10.0 Å². The van der Waals surface area contributed by atoms with Crippen LogP contribution in [0.15, 0.2) is 42.5 Å². The van der Waals surface area contributed by atoms with Gasteiger partial charge in [-0.25, -0.2) is 0 Å². The normalized spacial score (nSPS) is 10.3. The Bertz CT molecular complexity index is 614. The summed E-state index contributed by atoms with van der Waals surface area (Å²) in [6.07, 6.45) is 0.600. The Morgan fingerprint density at radius 1 is 1.00 bits per heavy atom. The maximum atomic E-state index is 5.95. The molecule has 2 rings (SSSR count). The molecule has 5 heteroatoms. The number of nitrogens with two attached hydrogens (primary N) is 1. The van der Waals surface area contributed by atoms with Gasteiger partial charge in [-0.05, 0) is 35.4 Å². The first-order chi connectivity index (χ1) is 9.54. The van der Waals surface area contributed by atoms with Crippen molar-refractivity contribution in [1.82, 2.24) is 0 Å². The molecule has 2 aromatic carbocycles. The molecule has 20 heavy (non-hydrogen) atoms. The molecule has 0 saturated carbocycles. The van der Waals surface area contributed by atoms with Crippen LogP contribution in [-0.4, -0.2) is 4.99 Å². The lowest BCUT2D eigenvalue weighted by Gasteiger charge is -2.08. The number of thiocarbonyl (C=S) groups is 1. The summed E-state index contributed by atoms with van der Waals surface area (Å²) in [5.74, 6) is 0.780. The van der Waals surface area contributed by atoms with Crippen molar-refractivity contribution < 1.29 is 4.74 Å². The molecule has 0 fully saturated rings. The fraction of sp³-hybridized carbons (Fsp3) is 0.133. The lowest BCUT2D eigenvalue weighted by Crippen LogP contribution is -2.10. The lowest BCUT2D eigenvalue weighted by atomic mass is 10.1. The first-order valence-corrected chi connectivity index (χ1v) is 7.15. The van der Waals surface area contributed by atoms with E-state index in [0.29, 0.717) is 28.1 Å². The summed E-state index contributed by atoms with van der Waals surface area (Å²) in [5, 5.41) is 1.07. The van der Waals surface area contributed by atoms with Crippen LogP contribution in [-0.2, 0) is 13.0 Å². The Balaban J connectivity index is 1.96. The van der Waals surface area contributed by atoms with E-state index in [1.807, 2.05) is 30.3 Å². The van der Waals surface area contributed by atoms with Crippen molar-refractivity contribution in [1.29, 1.82) is 0 Å². The fourth-order valence-electron chi connectivity index (χ4n) is 1.70. The van der Waals surface area contributed by atoms with Gasteiger partial charge in [-0.2, -0.15) is 0 Å². The fourth-order valence-corrected chi connectivity index (χ4v) is 2.19. The second-order valence-electron chi connectivity index (χ2n) is 4.32. The largest absolute Gasteiger partial charge is 0.489 e. The molecule has 2 N–H and O–H groups in total. The van der Waals surface area contributed by atoms with Crippen molar-refractivity contribution in [2.75, 3.05) is 0 Å². The van der Waals surface area contributed by atoms with E-state index in [4.69, 9.17) is 45.9 Å². The van der Waals surface area contributed by atoms with E-state index >= 15 is 0 Å². The van der Waals surface area contributed by atoms with Gasteiger partial charge in [0.15, 0.2) is 0 Å². The molecule has 0 heterocycles. The van der Waals surface area contributed by atoms with E-state index in [1.165, 1.54) is 0 Å². The first kappa shape index (κ1) is 15.1. The van der Waals surface area contributed by atoms with Crippen LogP contribution in [0.1, 0.15) is 11.1 Å². The van der Waals surface area contributed by atoms with Crippen molar-refractivity contribution in [3.63, 3.8) is 0 Å². The topological polar surface area (TPSA) is 35.2 Å². The highest BCUT2D eigenvalue weighted by atomic mass is 35.5. The third-order valence-corrected chi connectivity index (χ3v) is 3.57. The van der Waals surface area contributed by atoms with Crippen LogP contribution in [0.4, 0.5) is 0 Å². The van der Waals surface area contributed by atoms with Crippen molar-refractivity contribution in [3.05, 3.63) is 63.6 Å². The highest BCUT2D eigenvalue weighted by molar-refractivity contribution is 7.80. The number of ether oxygens (including phenoxy) is 1. The lowest BCUT2D eigenvalue weighted by molar-refractivity contribution is 0.306. The minimum absolute atomic E-state index is 0.436. The second-order valence-corrected chi connectivity index (χ2v) is 5.66. The van der Waals surface area contributed by atoms with Crippen LogP contribution < -0.4 is 10.5 Å². The Morgan fingerprint density at radius 2 is 1.65 bits per heavy atom. The van der Waals surface area contributed by atoms with Crippen LogP contribution in [0, 0.1) is 0 Å². The SMILES string of the molecule is NC(=S)Cc1ccc(OCc2ccc(Cl)c(Cl)c2)cc1. The summed E-state index contributed by atoms with van der Waals surface area (Å²) in [7, 11) is 0. The number of benzene rings is 2. The summed E-state index contributed by atoms with van der Waals surface area (Å²) in [4.78, 5) is 0.481. The van der Waals surface area contributed by atoms with E-state index in [9.17, 15) is 0 Å². The number of halogens is 2. The van der Waals surface area contributed by atoms with Gasteiger partial charge in [0.2, 0.25) is 0 Å². The van der Waals surface area contributed by atoms with Gasteiger partial charge in [0.05, 0.1) is 15.0 Å². The molecule has 0 spiro atoms. The molecular weight excluding hydrogens is 313 g/mol. The van der Waals surface area contributed by atoms with E-state index < -0.39 is 0 Å². The Morgan fingerprint density at radius 3 is 2.25 bits per heavy atom. The number of hydrogen-bond donors (Lipinski definition) is 1. The summed E-state index contributed by atoms with van der Waals surface area (Å²) in [6.45, 7) is 0.436. The first-order valence-electron chi connectivity index (χ1n) is 5.98. The smallest absolute Gasteiger partial charge is 0.119 e. The van der Waals surface area contributed by atoms with Crippen LogP contribution in [0.25, 0.3) is 0 Å². The van der Waals surface area contributed by atoms with E-state index in [1.54, 1.807) is 12.1 Å². The molecule has 0 aromatic heterocycles. The molecule has 0 radical (unpaired) electrons. The zero-order valence-corrected chi connectivity index (χ0v) is 12.9. The van der Waals surface area contributed by atoms with Crippen molar-refractivity contribution in [2.24, 2.45) is 5.73 Å². The monoisotopic (exact) mass is 325 g/mol. The number of rotatable bonds is 5. The quantitative estimate of drug-likeness (QED) is 0.827. The van der Waals surface area contributed by atoms with E-state index in [2.05, 4.69) is 0 Å². The zero-order valence-electron chi connectivity index (χ0n) is 10.6. The summed E-state index contributed by atoms with van der Waals surface area (Å²) >= 11 is 16.7. The van der Waals surface area contributed by atoms with Gasteiger partial charge in [-0.1, -0.05) is 53.6 Å². The molecule has 0 aliphatic carbocycles. The molecular formula is C15H13Cl2NOS. The maximum absolute atomic E-state index is 5.95. The number of hydrogen-bond acceptors (Lipinski definition) is 2. The Kier molecular flexibility index (Phi) is 5.24. The molecule has 0 aliphatic rings. The molecule has 104 valence electrons. The minimum Gasteiger partial charge on any atom is -0.489 e. The molecule has 0 aliphatic heterocycles. The third-order valence-electron chi connectivity index (χ3n) is 2.69. The van der Waals surface area contributed by atoms with Gasteiger partial charge in [0, 0.05) is 6.42 Å². The van der Waals surface area contributed by atoms with Gasteiger partial charge in [0.25, 0.3) is 0 Å². The van der Waals surface area contributed by atoms with Gasteiger partial charge >= 0.3 is 0 Å². The summed E-state index contributed by atoms with van der Waals surface area (Å²) in [6, 6.07) is 13.1. The molecule has 0 saturated heterocycles. The minimum atomic E-state index is 0.436. The predicted molar refractivity (Wildman–Crippen MR) is 87.7 cm³/mol. The molecule has 2 aromatic rings. The Labute approximate surface area is 133 Å². The van der Waals surface area contributed by atoms with Crippen molar-refractivity contribution in [2.45, 2.75) is 13.0 Å². The average molecular weight is 326 g/mol. The Hall–Kier alpha value is -1.29. The molecule has 0 unspecified atom stereocenters. The zero-order chi connectivity index (χ0) is 14.5. The standard InChI is InChI=1S/C15H13Cl2NOS/c16-13-6-3-11(7-14(13)17)9-19-12-4-1-10(2-5-12)8-15(18)20/h1-7H,8-9H2,(H2,18,20). The van der Waals surface area contributed by atoms with Crippen LogP contribution in [0.5, 0.6) is 5.75 Å². The molecule has 0 atom stereocenters. The molecule has 2 nitrogen and oxygen atoms in total. The van der Waals surface area contributed by atoms with Crippen molar-refractivity contribution >= 4 is 40.4 Å². The summed E-state index contributed by atoms with van der Waals surface area (Å²) < 4.78 is 5.68.